The third-order valence-electron chi connectivity index (χ3n) is 4.50. The Morgan fingerprint density at radius 1 is 1.17 bits per heavy atom. The van der Waals surface area contributed by atoms with E-state index >= 15 is 0 Å². The molecular weight excluding hydrogens is 300 g/mol. The van der Waals surface area contributed by atoms with Crippen LogP contribution in [0.2, 0.25) is 0 Å². The molecule has 0 bridgehead atoms. The number of carbonyl (C=O) groups is 1. The van der Waals surface area contributed by atoms with Crippen molar-refractivity contribution in [3.8, 4) is 0 Å². The summed E-state index contributed by atoms with van der Waals surface area (Å²) in [5.41, 5.74) is 2.33. The van der Waals surface area contributed by atoms with Crippen molar-refractivity contribution in [2.24, 2.45) is 0 Å². The van der Waals surface area contributed by atoms with Crippen LogP contribution in [0.3, 0.4) is 0 Å². The molecule has 0 spiro atoms. The van der Waals surface area contributed by atoms with Gasteiger partial charge in [0.25, 0.3) is 5.91 Å². The zero-order valence-corrected chi connectivity index (χ0v) is 14.1. The normalized spacial score (nSPS) is 15.0. The summed E-state index contributed by atoms with van der Waals surface area (Å²) in [5, 5.41) is 6.38. The first-order valence-electron chi connectivity index (χ1n) is 8.74. The zero-order chi connectivity index (χ0) is 16.8. The second-order valence-electron chi connectivity index (χ2n) is 6.23. The SMILES string of the molecule is CCc1ccccc1NC(=O)c1cc(NC2CCCCC2)ncn1. The predicted molar refractivity (Wildman–Crippen MR) is 96.3 cm³/mol. The second-order valence-corrected chi connectivity index (χ2v) is 6.23. The molecule has 5 heteroatoms. The Morgan fingerprint density at radius 2 is 1.96 bits per heavy atom. The summed E-state index contributed by atoms with van der Waals surface area (Å²) in [6.45, 7) is 2.07. The van der Waals surface area contributed by atoms with Gasteiger partial charge in [-0.05, 0) is 30.9 Å². The highest BCUT2D eigenvalue weighted by Gasteiger charge is 2.15. The molecule has 1 aromatic heterocycles. The van der Waals surface area contributed by atoms with Crippen molar-refractivity contribution in [3.05, 3.63) is 47.9 Å². The van der Waals surface area contributed by atoms with E-state index in [-0.39, 0.29) is 5.91 Å². The molecule has 3 rings (SSSR count). The molecule has 126 valence electrons. The molecular formula is C19H24N4O. The summed E-state index contributed by atoms with van der Waals surface area (Å²) < 4.78 is 0. The summed E-state index contributed by atoms with van der Waals surface area (Å²) in [6, 6.07) is 10.0. The molecule has 0 radical (unpaired) electrons. The van der Waals surface area contributed by atoms with E-state index in [1.165, 1.54) is 25.6 Å². The number of carbonyl (C=O) groups excluding carboxylic acids is 1. The summed E-state index contributed by atoms with van der Waals surface area (Å²) in [5.74, 6) is 0.524. The van der Waals surface area contributed by atoms with Crippen LogP contribution in [0.25, 0.3) is 0 Å². The number of amides is 1. The van der Waals surface area contributed by atoms with Crippen LogP contribution in [0.1, 0.15) is 55.1 Å². The van der Waals surface area contributed by atoms with Crippen LogP contribution >= 0.6 is 0 Å². The Balaban J connectivity index is 1.69. The number of benzene rings is 1. The van der Waals surface area contributed by atoms with E-state index in [1.54, 1.807) is 6.07 Å². The van der Waals surface area contributed by atoms with Gasteiger partial charge in [0.05, 0.1) is 0 Å². The van der Waals surface area contributed by atoms with Gasteiger partial charge >= 0.3 is 0 Å². The van der Waals surface area contributed by atoms with E-state index in [4.69, 9.17) is 0 Å². The van der Waals surface area contributed by atoms with Crippen molar-refractivity contribution in [1.29, 1.82) is 0 Å². The van der Waals surface area contributed by atoms with Gasteiger partial charge in [0.1, 0.15) is 17.8 Å². The Morgan fingerprint density at radius 3 is 2.75 bits per heavy atom. The third kappa shape index (κ3) is 4.10. The first kappa shape index (κ1) is 16.4. The number of rotatable bonds is 5. The van der Waals surface area contributed by atoms with Crippen molar-refractivity contribution in [3.63, 3.8) is 0 Å². The van der Waals surface area contributed by atoms with Gasteiger partial charge in [-0.1, -0.05) is 44.4 Å². The molecule has 0 aliphatic heterocycles. The highest BCUT2D eigenvalue weighted by Crippen LogP contribution is 2.21. The number of aryl methyl sites for hydroxylation is 1. The summed E-state index contributed by atoms with van der Waals surface area (Å²) in [4.78, 5) is 20.9. The van der Waals surface area contributed by atoms with Crippen LogP contribution in [0.4, 0.5) is 11.5 Å². The van der Waals surface area contributed by atoms with Crippen molar-refractivity contribution < 1.29 is 4.79 Å². The van der Waals surface area contributed by atoms with Crippen LogP contribution in [0.15, 0.2) is 36.7 Å². The molecule has 2 aromatic rings. The summed E-state index contributed by atoms with van der Waals surface area (Å²) in [6.07, 6.45) is 8.46. The minimum absolute atomic E-state index is 0.204. The predicted octanol–water partition coefficient (Wildman–Crippen LogP) is 4.04. The number of para-hydroxylation sites is 1. The van der Waals surface area contributed by atoms with E-state index in [0.29, 0.717) is 11.7 Å². The van der Waals surface area contributed by atoms with Crippen molar-refractivity contribution in [2.45, 2.75) is 51.5 Å². The fourth-order valence-electron chi connectivity index (χ4n) is 3.15. The lowest BCUT2D eigenvalue weighted by atomic mass is 9.95. The number of hydrogen-bond acceptors (Lipinski definition) is 4. The molecule has 24 heavy (non-hydrogen) atoms. The molecule has 0 atom stereocenters. The lowest BCUT2D eigenvalue weighted by molar-refractivity contribution is 0.102. The van der Waals surface area contributed by atoms with Gasteiger partial charge in [0.15, 0.2) is 0 Å². The largest absolute Gasteiger partial charge is 0.367 e. The number of nitrogens with one attached hydrogen (secondary N) is 2. The number of nitrogens with zero attached hydrogens (tertiary/aromatic N) is 2. The van der Waals surface area contributed by atoms with E-state index in [1.807, 2.05) is 24.3 Å². The van der Waals surface area contributed by atoms with E-state index in [2.05, 4.69) is 27.5 Å². The summed E-state index contributed by atoms with van der Waals surface area (Å²) >= 11 is 0. The topological polar surface area (TPSA) is 66.9 Å². The quantitative estimate of drug-likeness (QED) is 0.871. The first-order chi connectivity index (χ1) is 11.8. The van der Waals surface area contributed by atoms with E-state index < -0.39 is 0 Å². The molecule has 1 saturated carbocycles. The average Bonchev–Trinajstić information content (AvgIpc) is 2.63. The first-order valence-corrected chi connectivity index (χ1v) is 8.74. The van der Waals surface area contributed by atoms with Crippen molar-refractivity contribution in [2.75, 3.05) is 10.6 Å². The van der Waals surface area contributed by atoms with Crippen LogP contribution in [0.5, 0.6) is 0 Å². The lowest BCUT2D eigenvalue weighted by Crippen LogP contribution is -2.23. The van der Waals surface area contributed by atoms with Gasteiger partial charge in [0.2, 0.25) is 0 Å². The van der Waals surface area contributed by atoms with Gasteiger partial charge in [0, 0.05) is 17.8 Å². The number of anilines is 2. The minimum atomic E-state index is -0.204. The number of aromatic nitrogens is 2. The maximum atomic E-state index is 12.5. The molecule has 1 aliphatic carbocycles. The Bertz CT molecular complexity index is 695. The van der Waals surface area contributed by atoms with Crippen LogP contribution in [-0.4, -0.2) is 21.9 Å². The lowest BCUT2D eigenvalue weighted by Gasteiger charge is -2.23. The van der Waals surface area contributed by atoms with Crippen LogP contribution in [-0.2, 0) is 6.42 Å². The van der Waals surface area contributed by atoms with E-state index in [0.717, 1.165) is 36.3 Å². The van der Waals surface area contributed by atoms with Crippen LogP contribution in [0, 0.1) is 0 Å². The molecule has 0 unspecified atom stereocenters. The van der Waals surface area contributed by atoms with Gasteiger partial charge in [-0.25, -0.2) is 9.97 Å². The molecule has 5 nitrogen and oxygen atoms in total. The van der Waals surface area contributed by atoms with Gasteiger partial charge in [-0.15, -0.1) is 0 Å². The van der Waals surface area contributed by atoms with Gasteiger partial charge in [-0.3, -0.25) is 4.79 Å². The monoisotopic (exact) mass is 324 g/mol. The highest BCUT2D eigenvalue weighted by atomic mass is 16.1. The zero-order valence-electron chi connectivity index (χ0n) is 14.1. The van der Waals surface area contributed by atoms with Crippen molar-refractivity contribution >= 4 is 17.4 Å². The van der Waals surface area contributed by atoms with Gasteiger partial charge < -0.3 is 10.6 Å². The molecule has 1 amide bonds. The van der Waals surface area contributed by atoms with Crippen molar-refractivity contribution in [1.82, 2.24) is 9.97 Å². The maximum absolute atomic E-state index is 12.5. The average molecular weight is 324 g/mol. The maximum Gasteiger partial charge on any atom is 0.274 e. The fourth-order valence-corrected chi connectivity index (χ4v) is 3.15. The minimum Gasteiger partial charge on any atom is -0.367 e. The fraction of sp³-hybridized carbons (Fsp3) is 0.421. The Hall–Kier alpha value is -2.43. The molecule has 1 fully saturated rings. The molecule has 1 aromatic carbocycles. The highest BCUT2D eigenvalue weighted by molar-refractivity contribution is 6.03. The molecule has 2 N–H and O–H groups in total. The molecule has 1 heterocycles. The molecule has 0 saturated heterocycles. The second kappa shape index (κ2) is 7.90. The summed E-state index contributed by atoms with van der Waals surface area (Å²) in [7, 11) is 0. The Labute approximate surface area is 142 Å². The Kier molecular flexibility index (Phi) is 5.41. The molecule has 1 aliphatic rings. The third-order valence-corrected chi connectivity index (χ3v) is 4.50. The van der Waals surface area contributed by atoms with Crippen LogP contribution < -0.4 is 10.6 Å². The number of hydrogen-bond donors (Lipinski definition) is 2. The van der Waals surface area contributed by atoms with E-state index in [9.17, 15) is 4.79 Å². The standard InChI is InChI=1S/C19H24N4O/c1-2-14-8-6-7-11-16(14)23-19(24)17-12-18(21-13-20-17)22-15-9-4-3-5-10-15/h6-8,11-13,15H,2-5,9-10H2,1H3,(H,23,24)(H,20,21,22). The smallest absolute Gasteiger partial charge is 0.274 e. The van der Waals surface area contributed by atoms with Gasteiger partial charge in [-0.2, -0.15) is 0 Å².